The number of benzene rings is 2. The number of carbonyl (C=O) groups is 2. The summed E-state index contributed by atoms with van der Waals surface area (Å²) in [6, 6.07) is 13.2. The number of ketones is 1. The maximum Gasteiger partial charge on any atom is 0.416 e. The molecule has 0 saturated carbocycles. The molecular weight excluding hydrogens is 507 g/mol. The number of hydrogen-bond donors (Lipinski definition) is 0. The number of hydrogen-bond acceptors (Lipinski definition) is 5. The summed E-state index contributed by atoms with van der Waals surface area (Å²) in [4.78, 5) is 31.4. The van der Waals surface area contributed by atoms with Crippen LogP contribution in [0, 0.1) is 6.92 Å². The van der Waals surface area contributed by atoms with E-state index in [1.165, 1.54) is 30.3 Å². The molecule has 0 bridgehead atoms. The molecule has 206 valence electrons. The number of para-hydroxylation sites is 1. The molecule has 3 aromatic rings. The van der Waals surface area contributed by atoms with Crippen LogP contribution in [-0.2, 0) is 35.3 Å². The molecule has 2 aliphatic rings. The number of amides is 1. The predicted molar refractivity (Wildman–Crippen MR) is 142 cm³/mol. The Kier molecular flexibility index (Phi) is 7.48. The van der Waals surface area contributed by atoms with Crippen LogP contribution in [0.15, 0.2) is 48.5 Å². The normalized spacial score (nSPS) is 16.3. The van der Waals surface area contributed by atoms with E-state index in [4.69, 9.17) is 5.10 Å². The molecule has 0 radical (unpaired) electrons. The summed E-state index contributed by atoms with van der Waals surface area (Å²) in [5, 5.41) is 4.69. The van der Waals surface area contributed by atoms with Crippen molar-refractivity contribution in [2.45, 2.75) is 39.5 Å². The number of Topliss-reactive ketones (excluding diaryl/α,β-unsaturated/α-hetero) is 1. The molecule has 1 saturated heterocycles. The molecule has 3 heterocycles. The second kappa shape index (κ2) is 10.8. The number of halogens is 3. The molecule has 1 amide bonds. The van der Waals surface area contributed by atoms with Gasteiger partial charge in [-0.2, -0.15) is 18.3 Å². The van der Waals surface area contributed by atoms with Gasteiger partial charge in [-0.05, 0) is 30.7 Å². The molecule has 2 aliphatic heterocycles. The Morgan fingerprint density at radius 2 is 1.62 bits per heavy atom. The van der Waals surface area contributed by atoms with Gasteiger partial charge in [-0.15, -0.1) is 0 Å². The summed E-state index contributed by atoms with van der Waals surface area (Å²) in [6.07, 6.45) is -3.90. The topological polar surface area (TPSA) is 61.7 Å². The molecule has 7 nitrogen and oxygen atoms in total. The van der Waals surface area contributed by atoms with Crippen molar-refractivity contribution in [3.63, 3.8) is 0 Å². The van der Waals surface area contributed by atoms with Gasteiger partial charge in [-0.1, -0.05) is 30.3 Å². The second-order valence-corrected chi connectivity index (χ2v) is 10.3. The van der Waals surface area contributed by atoms with Gasteiger partial charge >= 0.3 is 6.18 Å². The van der Waals surface area contributed by atoms with Gasteiger partial charge < -0.3 is 9.80 Å². The lowest BCUT2D eigenvalue weighted by atomic mass is 10.00. The molecule has 1 aromatic heterocycles. The van der Waals surface area contributed by atoms with Gasteiger partial charge in [0.25, 0.3) is 0 Å². The van der Waals surface area contributed by atoms with E-state index < -0.39 is 11.7 Å². The van der Waals surface area contributed by atoms with Crippen LogP contribution in [0.25, 0.3) is 11.3 Å². The van der Waals surface area contributed by atoms with Gasteiger partial charge in [0.2, 0.25) is 5.91 Å². The SMILES string of the molecule is CC(=O)N1CCc2c(c(-c3ccc(C(F)(F)F)cc3)nn2CC(=O)CN2CCN(c3ccccc3C)CC2)C1. The quantitative estimate of drug-likeness (QED) is 0.471. The van der Waals surface area contributed by atoms with Crippen molar-refractivity contribution in [1.82, 2.24) is 19.6 Å². The highest BCUT2D eigenvalue weighted by Crippen LogP contribution is 2.34. The van der Waals surface area contributed by atoms with Gasteiger partial charge in [-0.25, -0.2) is 0 Å². The summed E-state index contributed by atoms with van der Waals surface area (Å²) in [5.41, 5.74) is 4.42. The largest absolute Gasteiger partial charge is 0.416 e. The summed E-state index contributed by atoms with van der Waals surface area (Å²) in [7, 11) is 0. The van der Waals surface area contributed by atoms with Crippen molar-refractivity contribution in [1.29, 1.82) is 0 Å². The third-order valence-electron chi connectivity index (χ3n) is 7.62. The van der Waals surface area contributed by atoms with Gasteiger partial charge in [-0.3, -0.25) is 19.2 Å². The third-order valence-corrected chi connectivity index (χ3v) is 7.62. The van der Waals surface area contributed by atoms with Crippen molar-refractivity contribution >= 4 is 17.4 Å². The minimum atomic E-state index is -4.43. The number of alkyl halides is 3. The van der Waals surface area contributed by atoms with Gasteiger partial charge in [0.05, 0.1) is 17.8 Å². The molecule has 0 aliphatic carbocycles. The highest BCUT2D eigenvalue weighted by molar-refractivity contribution is 5.81. The van der Waals surface area contributed by atoms with E-state index in [0.717, 1.165) is 49.6 Å². The van der Waals surface area contributed by atoms with Crippen molar-refractivity contribution in [2.24, 2.45) is 0 Å². The zero-order valence-corrected chi connectivity index (χ0v) is 22.2. The van der Waals surface area contributed by atoms with Crippen LogP contribution in [-0.4, -0.2) is 70.5 Å². The standard InChI is InChI=1S/C29H32F3N5O2/c1-20-5-3-4-6-26(20)35-15-13-34(14-16-35)17-24(39)18-37-27-11-12-36(21(2)38)19-25(27)28(33-37)22-7-9-23(10-8-22)29(30,31)32/h3-10H,11-19H2,1-2H3. The summed E-state index contributed by atoms with van der Waals surface area (Å²) < 4.78 is 41.0. The maximum atomic E-state index is 13.1. The van der Waals surface area contributed by atoms with Gasteiger partial charge in [0, 0.05) is 75.1 Å². The monoisotopic (exact) mass is 539 g/mol. The van der Waals surface area contributed by atoms with Crippen LogP contribution < -0.4 is 4.90 Å². The summed E-state index contributed by atoms with van der Waals surface area (Å²) in [5.74, 6) is -0.0507. The molecule has 0 unspecified atom stereocenters. The first-order valence-corrected chi connectivity index (χ1v) is 13.2. The lowest BCUT2D eigenvalue weighted by molar-refractivity contribution is -0.137. The average Bonchev–Trinajstić information content (AvgIpc) is 3.26. The minimum Gasteiger partial charge on any atom is -0.369 e. The second-order valence-electron chi connectivity index (χ2n) is 10.3. The summed E-state index contributed by atoms with van der Waals surface area (Å²) >= 11 is 0. The Morgan fingerprint density at radius 3 is 2.26 bits per heavy atom. The third kappa shape index (κ3) is 5.85. The van der Waals surface area contributed by atoms with E-state index in [9.17, 15) is 22.8 Å². The van der Waals surface area contributed by atoms with E-state index in [-0.39, 0.29) is 18.2 Å². The molecule has 10 heteroatoms. The smallest absolute Gasteiger partial charge is 0.369 e. The number of piperazine rings is 1. The number of fused-ring (bicyclic) bond motifs is 1. The van der Waals surface area contributed by atoms with E-state index in [2.05, 4.69) is 28.9 Å². The molecule has 0 N–H and O–H groups in total. The van der Waals surface area contributed by atoms with Crippen molar-refractivity contribution in [2.75, 3.05) is 44.2 Å². The van der Waals surface area contributed by atoms with E-state index in [1.807, 2.05) is 12.1 Å². The van der Waals surface area contributed by atoms with E-state index >= 15 is 0 Å². The molecule has 1 fully saturated rings. The Labute approximate surface area is 225 Å². The minimum absolute atomic E-state index is 0.0256. The lowest BCUT2D eigenvalue weighted by Gasteiger charge is -2.36. The van der Waals surface area contributed by atoms with E-state index in [1.54, 1.807) is 9.58 Å². The van der Waals surface area contributed by atoms with Crippen LogP contribution in [0.4, 0.5) is 18.9 Å². The fraction of sp³-hybridized carbons (Fsp3) is 0.414. The first-order chi connectivity index (χ1) is 18.6. The van der Waals surface area contributed by atoms with Gasteiger partial charge in [0.15, 0.2) is 5.78 Å². The molecule has 2 aromatic carbocycles. The molecular formula is C29H32F3N5O2. The van der Waals surface area contributed by atoms with Crippen LogP contribution in [0.3, 0.4) is 0 Å². The number of aryl methyl sites for hydroxylation is 1. The van der Waals surface area contributed by atoms with Crippen LogP contribution in [0.5, 0.6) is 0 Å². The molecule has 0 spiro atoms. The van der Waals surface area contributed by atoms with Crippen LogP contribution in [0.2, 0.25) is 0 Å². The predicted octanol–water partition coefficient (Wildman–Crippen LogP) is 4.17. The van der Waals surface area contributed by atoms with Crippen molar-refractivity contribution in [3.05, 3.63) is 70.9 Å². The number of carbonyl (C=O) groups excluding carboxylic acids is 2. The zero-order valence-electron chi connectivity index (χ0n) is 22.2. The lowest BCUT2D eigenvalue weighted by Crippen LogP contribution is -2.48. The molecule has 39 heavy (non-hydrogen) atoms. The van der Waals surface area contributed by atoms with E-state index in [0.29, 0.717) is 37.3 Å². The number of nitrogens with zero attached hydrogens (tertiary/aromatic N) is 5. The fourth-order valence-electron chi connectivity index (χ4n) is 5.47. The number of rotatable bonds is 6. The maximum absolute atomic E-state index is 13.1. The number of aromatic nitrogens is 2. The van der Waals surface area contributed by atoms with Crippen molar-refractivity contribution < 1.29 is 22.8 Å². The Hall–Kier alpha value is -3.66. The first-order valence-electron chi connectivity index (χ1n) is 13.2. The Bertz CT molecular complexity index is 1360. The Morgan fingerprint density at radius 1 is 0.923 bits per heavy atom. The Balaban J connectivity index is 1.30. The van der Waals surface area contributed by atoms with Gasteiger partial charge in [0.1, 0.15) is 6.54 Å². The first kappa shape index (κ1) is 26.9. The number of anilines is 1. The highest BCUT2D eigenvalue weighted by Gasteiger charge is 2.31. The van der Waals surface area contributed by atoms with Crippen LogP contribution in [0.1, 0.15) is 29.3 Å². The zero-order chi connectivity index (χ0) is 27.7. The van der Waals surface area contributed by atoms with Crippen molar-refractivity contribution in [3.8, 4) is 11.3 Å². The van der Waals surface area contributed by atoms with Crippen LogP contribution >= 0.6 is 0 Å². The molecule has 5 rings (SSSR count). The average molecular weight is 540 g/mol. The highest BCUT2D eigenvalue weighted by atomic mass is 19.4. The molecule has 0 atom stereocenters. The fourth-order valence-corrected chi connectivity index (χ4v) is 5.47. The summed E-state index contributed by atoms with van der Waals surface area (Å²) in [6.45, 7) is 8.06.